The second-order valence-corrected chi connectivity index (χ2v) is 6.53. The van der Waals surface area contributed by atoms with Crippen LogP contribution in [0.15, 0.2) is 18.2 Å². The first kappa shape index (κ1) is 18.3. The number of rotatable bonds is 3. The normalized spacial score (nSPS) is 20.2. The minimum absolute atomic E-state index is 0.00188. The minimum atomic E-state index is -0.698. The molecule has 2 aliphatic rings. The van der Waals surface area contributed by atoms with Crippen LogP contribution < -0.4 is 5.32 Å². The molecule has 0 saturated carbocycles. The first-order valence-electron chi connectivity index (χ1n) is 8.64. The number of anilines is 1. The SMILES string of the molecule is COCC(=O)N1CCCN(C(=O)[C@H]2CC(=O)Nc3ccc(F)cc32)CC1. The van der Waals surface area contributed by atoms with Gasteiger partial charge in [0.15, 0.2) is 0 Å². The summed E-state index contributed by atoms with van der Waals surface area (Å²) in [5.74, 6) is -1.70. The van der Waals surface area contributed by atoms with Gasteiger partial charge in [-0.1, -0.05) is 0 Å². The predicted octanol–water partition coefficient (Wildman–Crippen LogP) is 0.959. The maximum absolute atomic E-state index is 13.7. The van der Waals surface area contributed by atoms with Crippen molar-refractivity contribution in [2.75, 3.05) is 45.2 Å². The van der Waals surface area contributed by atoms with E-state index in [0.717, 1.165) is 0 Å². The molecule has 0 radical (unpaired) electrons. The van der Waals surface area contributed by atoms with Crippen molar-refractivity contribution in [1.29, 1.82) is 0 Å². The van der Waals surface area contributed by atoms with E-state index in [-0.39, 0.29) is 30.7 Å². The summed E-state index contributed by atoms with van der Waals surface area (Å²) in [5.41, 5.74) is 0.985. The van der Waals surface area contributed by atoms with E-state index in [4.69, 9.17) is 4.74 Å². The Bertz CT molecular complexity index is 724. The molecule has 26 heavy (non-hydrogen) atoms. The Balaban J connectivity index is 1.74. The van der Waals surface area contributed by atoms with Crippen molar-refractivity contribution in [3.05, 3.63) is 29.6 Å². The molecule has 1 aromatic carbocycles. The van der Waals surface area contributed by atoms with Crippen molar-refractivity contribution in [3.63, 3.8) is 0 Å². The van der Waals surface area contributed by atoms with Crippen LogP contribution >= 0.6 is 0 Å². The van der Waals surface area contributed by atoms with Gasteiger partial charge in [0.2, 0.25) is 17.7 Å². The van der Waals surface area contributed by atoms with E-state index in [9.17, 15) is 18.8 Å². The first-order valence-corrected chi connectivity index (χ1v) is 8.64. The van der Waals surface area contributed by atoms with Crippen LogP contribution in [0.3, 0.4) is 0 Å². The largest absolute Gasteiger partial charge is 0.375 e. The Labute approximate surface area is 151 Å². The van der Waals surface area contributed by atoms with Crippen molar-refractivity contribution in [3.8, 4) is 0 Å². The number of fused-ring (bicyclic) bond motifs is 1. The highest BCUT2D eigenvalue weighted by molar-refractivity contribution is 6.01. The Hall–Kier alpha value is -2.48. The van der Waals surface area contributed by atoms with Crippen LogP contribution in [0.4, 0.5) is 10.1 Å². The minimum Gasteiger partial charge on any atom is -0.375 e. The van der Waals surface area contributed by atoms with Gasteiger partial charge in [-0.25, -0.2) is 4.39 Å². The van der Waals surface area contributed by atoms with Crippen molar-refractivity contribution in [2.24, 2.45) is 0 Å². The third-order valence-corrected chi connectivity index (χ3v) is 4.78. The number of carbonyl (C=O) groups excluding carboxylic acids is 3. The van der Waals surface area contributed by atoms with Gasteiger partial charge < -0.3 is 19.9 Å². The molecular weight excluding hydrogens is 341 g/mol. The summed E-state index contributed by atoms with van der Waals surface area (Å²) < 4.78 is 18.5. The van der Waals surface area contributed by atoms with Gasteiger partial charge in [0.25, 0.3) is 0 Å². The topological polar surface area (TPSA) is 79.0 Å². The fourth-order valence-electron chi connectivity index (χ4n) is 3.48. The average Bonchev–Trinajstić information content (AvgIpc) is 2.87. The molecule has 1 aromatic rings. The summed E-state index contributed by atoms with van der Waals surface area (Å²) >= 11 is 0. The molecular formula is C18H22FN3O4. The molecule has 0 unspecified atom stereocenters. The van der Waals surface area contributed by atoms with Gasteiger partial charge in [0.1, 0.15) is 12.4 Å². The fraction of sp³-hybridized carbons (Fsp3) is 0.500. The molecule has 0 bridgehead atoms. The molecule has 7 nitrogen and oxygen atoms in total. The van der Waals surface area contributed by atoms with Crippen LogP contribution in [0.1, 0.15) is 24.3 Å². The molecule has 2 heterocycles. The smallest absolute Gasteiger partial charge is 0.248 e. The van der Waals surface area contributed by atoms with E-state index in [1.165, 1.54) is 25.3 Å². The molecule has 8 heteroatoms. The maximum Gasteiger partial charge on any atom is 0.248 e. The van der Waals surface area contributed by atoms with Gasteiger partial charge in [-0.05, 0) is 30.2 Å². The van der Waals surface area contributed by atoms with Crippen LogP contribution in [0.25, 0.3) is 0 Å². The Morgan fingerprint density at radius 3 is 2.73 bits per heavy atom. The number of benzene rings is 1. The molecule has 0 aliphatic carbocycles. The number of hydrogen-bond acceptors (Lipinski definition) is 4. The molecule has 2 aliphatic heterocycles. The Kier molecular flexibility index (Phi) is 5.51. The van der Waals surface area contributed by atoms with Gasteiger partial charge in [0, 0.05) is 45.4 Å². The summed E-state index contributed by atoms with van der Waals surface area (Å²) in [4.78, 5) is 40.3. The van der Waals surface area contributed by atoms with Crippen LogP contribution in [0.2, 0.25) is 0 Å². The van der Waals surface area contributed by atoms with E-state index >= 15 is 0 Å². The van der Waals surface area contributed by atoms with E-state index < -0.39 is 11.7 Å². The number of hydrogen-bond donors (Lipinski definition) is 1. The standard InChI is InChI=1S/C18H22FN3O4/c1-26-11-17(24)21-5-2-6-22(8-7-21)18(25)14-10-16(23)20-15-4-3-12(19)9-13(14)15/h3-4,9,14H,2,5-8,10-11H2,1H3,(H,20,23)/t14-/m0/s1. The molecule has 3 amide bonds. The highest BCUT2D eigenvalue weighted by Gasteiger charge is 2.34. The molecule has 1 saturated heterocycles. The zero-order valence-electron chi connectivity index (χ0n) is 14.7. The van der Waals surface area contributed by atoms with E-state index in [2.05, 4.69) is 5.32 Å². The third-order valence-electron chi connectivity index (χ3n) is 4.78. The highest BCUT2D eigenvalue weighted by Crippen LogP contribution is 2.34. The molecule has 1 fully saturated rings. The number of nitrogens with one attached hydrogen (secondary N) is 1. The molecule has 0 spiro atoms. The van der Waals surface area contributed by atoms with E-state index in [0.29, 0.717) is 43.9 Å². The van der Waals surface area contributed by atoms with Gasteiger partial charge in [0.05, 0.1) is 5.92 Å². The monoisotopic (exact) mass is 363 g/mol. The third kappa shape index (κ3) is 3.85. The molecule has 1 N–H and O–H groups in total. The summed E-state index contributed by atoms with van der Waals surface area (Å²) in [7, 11) is 1.47. The maximum atomic E-state index is 13.7. The predicted molar refractivity (Wildman–Crippen MR) is 92.0 cm³/mol. The summed E-state index contributed by atoms with van der Waals surface area (Å²) in [6, 6.07) is 4.05. The van der Waals surface area contributed by atoms with Crippen LogP contribution in [0.5, 0.6) is 0 Å². The molecule has 1 atom stereocenters. The second-order valence-electron chi connectivity index (χ2n) is 6.53. The first-order chi connectivity index (χ1) is 12.5. The molecule has 3 rings (SSSR count). The van der Waals surface area contributed by atoms with Crippen molar-refractivity contribution < 1.29 is 23.5 Å². The highest BCUT2D eigenvalue weighted by atomic mass is 19.1. The zero-order valence-corrected chi connectivity index (χ0v) is 14.7. The lowest BCUT2D eigenvalue weighted by Crippen LogP contribution is -2.41. The zero-order chi connectivity index (χ0) is 18.7. The lowest BCUT2D eigenvalue weighted by molar-refractivity contribution is -0.137. The number of ether oxygens (including phenoxy) is 1. The lowest BCUT2D eigenvalue weighted by atomic mass is 9.89. The fourth-order valence-corrected chi connectivity index (χ4v) is 3.48. The van der Waals surface area contributed by atoms with Gasteiger partial charge in [-0.2, -0.15) is 0 Å². The van der Waals surface area contributed by atoms with Crippen LogP contribution in [-0.2, 0) is 19.1 Å². The second kappa shape index (κ2) is 7.82. The van der Waals surface area contributed by atoms with E-state index in [1.807, 2.05) is 0 Å². The van der Waals surface area contributed by atoms with Gasteiger partial charge in [-0.15, -0.1) is 0 Å². The molecule has 0 aromatic heterocycles. The van der Waals surface area contributed by atoms with Crippen LogP contribution in [-0.4, -0.2) is 67.4 Å². The number of halogens is 1. The average molecular weight is 363 g/mol. The van der Waals surface area contributed by atoms with Gasteiger partial charge in [-0.3, -0.25) is 14.4 Å². The van der Waals surface area contributed by atoms with Crippen molar-refractivity contribution >= 4 is 23.4 Å². The lowest BCUT2D eigenvalue weighted by Gasteiger charge is -2.30. The number of nitrogens with zero attached hydrogens (tertiary/aromatic N) is 2. The van der Waals surface area contributed by atoms with Crippen molar-refractivity contribution in [2.45, 2.75) is 18.8 Å². The summed E-state index contributed by atoms with van der Waals surface area (Å²) in [6.45, 7) is 1.88. The Morgan fingerprint density at radius 2 is 1.96 bits per heavy atom. The van der Waals surface area contributed by atoms with Gasteiger partial charge >= 0.3 is 0 Å². The number of methoxy groups -OCH3 is 1. The molecule has 140 valence electrons. The van der Waals surface area contributed by atoms with Crippen LogP contribution in [0, 0.1) is 5.82 Å². The summed E-state index contributed by atoms with van der Waals surface area (Å²) in [5, 5.41) is 2.68. The number of carbonyl (C=O) groups is 3. The Morgan fingerprint density at radius 1 is 1.23 bits per heavy atom. The quantitative estimate of drug-likeness (QED) is 0.868. The summed E-state index contributed by atoms with van der Waals surface area (Å²) in [6.07, 6.45) is 0.647. The van der Waals surface area contributed by atoms with Crippen molar-refractivity contribution in [1.82, 2.24) is 9.80 Å². The van der Waals surface area contributed by atoms with E-state index in [1.54, 1.807) is 9.80 Å². The number of amides is 3.